The number of aryl methyl sites for hydroxylation is 1. The van der Waals surface area contributed by atoms with Gasteiger partial charge in [0.1, 0.15) is 0 Å². The third-order valence-corrected chi connectivity index (χ3v) is 6.47. The molecule has 0 unspecified atom stereocenters. The molecule has 3 rings (SSSR count). The molecule has 0 spiro atoms. The van der Waals surface area contributed by atoms with Gasteiger partial charge >= 0.3 is 0 Å². The molecule has 2 heterocycles. The molecule has 0 radical (unpaired) electrons. The van der Waals surface area contributed by atoms with Crippen LogP contribution in [0.5, 0.6) is 0 Å². The van der Waals surface area contributed by atoms with Crippen molar-refractivity contribution < 1.29 is 13.2 Å². The van der Waals surface area contributed by atoms with Crippen molar-refractivity contribution in [2.24, 2.45) is 0 Å². The average Bonchev–Trinajstić information content (AvgIpc) is 2.90. The molecule has 1 aromatic heterocycles. The summed E-state index contributed by atoms with van der Waals surface area (Å²) in [5.74, 6) is 0. The van der Waals surface area contributed by atoms with Gasteiger partial charge in [-0.3, -0.25) is 0 Å². The van der Waals surface area contributed by atoms with Gasteiger partial charge in [-0.2, -0.15) is 22.1 Å². The molecule has 8 heteroatoms. The van der Waals surface area contributed by atoms with E-state index in [1.54, 1.807) is 14.1 Å². The second-order valence-electron chi connectivity index (χ2n) is 6.32. The van der Waals surface area contributed by atoms with E-state index in [9.17, 15) is 8.42 Å². The van der Waals surface area contributed by atoms with E-state index < -0.39 is 10.2 Å². The molecule has 7 nitrogen and oxygen atoms in total. The van der Waals surface area contributed by atoms with Crippen molar-refractivity contribution in [2.75, 3.05) is 33.9 Å². The molecule has 1 aliphatic rings. The van der Waals surface area contributed by atoms with Crippen molar-refractivity contribution >= 4 is 10.2 Å². The molecule has 1 aliphatic heterocycles. The molecule has 25 heavy (non-hydrogen) atoms. The predicted molar refractivity (Wildman–Crippen MR) is 95.9 cm³/mol. The summed E-state index contributed by atoms with van der Waals surface area (Å²) in [7, 11) is -0.435. The smallest absolute Gasteiger partial charge is 0.282 e. The minimum absolute atomic E-state index is 0.329. The van der Waals surface area contributed by atoms with Crippen molar-refractivity contribution in [1.29, 1.82) is 0 Å². The molecule has 1 saturated heterocycles. The average molecular weight is 364 g/mol. The van der Waals surface area contributed by atoms with Crippen LogP contribution in [0.4, 0.5) is 0 Å². The highest BCUT2D eigenvalue weighted by Crippen LogP contribution is 2.32. The summed E-state index contributed by atoms with van der Waals surface area (Å²) >= 11 is 0. The lowest BCUT2D eigenvalue weighted by Gasteiger charge is -2.36. The van der Waals surface area contributed by atoms with E-state index >= 15 is 0 Å². The van der Waals surface area contributed by atoms with Gasteiger partial charge in [-0.15, -0.1) is 0 Å². The third-order valence-electron chi connectivity index (χ3n) is 4.52. The maximum Gasteiger partial charge on any atom is 0.282 e. The summed E-state index contributed by atoms with van der Waals surface area (Å²) < 4.78 is 35.7. The highest BCUT2D eigenvalue weighted by atomic mass is 32.2. The summed E-state index contributed by atoms with van der Waals surface area (Å²) in [6.07, 6.45) is 0. The van der Waals surface area contributed by atoms with Gasteiger partial charge in [-0.05, 0) is 26.0 Å². The Labute approximate surface area is 149 Å². The third kappa shape index (κ3) is 3.22. The van der Waals surface area contributed by atoms with Gasteiger partial charge in [0.05, 0.1) is 30.6 Å². The standard InChI is InChI=1S/C17H24N4O3S/c1-13-17(14(2)21(18-13)15-8-6-5-7-9-15)16-12-24-11-10-20(16)25(22,23)19(3)4/h5-9,16H,10-12H2,1-4H3/t16-/m0/s1. The number of para-hydroxylation sites is 1. The second-order valence-corrected chi connectivity index (χ2v) is 8.42. The Morgan fingerprint density at radius 2 is 1.88 bits per heavy atom. The molecule has 1 aromatic carbocycles. The van der Waals surface area contributed by atoms with Crippen LogP contribution in [0.2, 0.25) is 0 Å². The summed E-state index contributed by atoms with van der Waals surface area (Å²) in [6.45, 7) is 4.94. The number of morpholine rings is 1. The number of hydrogen-bond acceptors (Lipinski definition) is 4. The van der Waals surface area contributed by atoms with Crippen LogP contribution in [0, 0.1) is 13.8 Å². The van der Waals surface area contributed by atoms with Crippen LogP contribution < -0.4 is 0 Å². The summed E-state index contributed by atoms with van der Waals surface area (Å²) in [5, 5.41) is 4.64. The zero-order chi connectivity index (χ0) is 18.2. The zero-order valence-corrected chi connectivity index (χ0v) is 15.8. The monoisotopic (exact) mass is 364 g/mol. The largest absolute Gasteiger partial charge is 0.378 e. The Morgan fingerprint density at radius 3 is 2.52 bits per heavy atom. The van der Waals surface area contributed by atoms with Gasteiger partial charge in [-0.25, -0.2) is 4.68 Å². The lowest BCUT2D eigenvalue weighted by molar-refractivity contribution is 0.0295. The predicted octanol–water partition coefficient (Wildman–Crippen LogP) is 1.67. The Hall–Kier alpha value is -1.74. The van der Waals surface area contributed by atoms with E-state index in [0.29, 0.717) is 19.8 Å². The summed E-state index contributed by atoms with van der Waals surface area (Å²) in [5.41, 5.74) is 3.61. The van der Waals surface area contributed by atoms with E-state index in [0.717, 1.165) is 22.6 Å². The van der Waals surface area contributed by atoms with Gasteiger partial charge in [0, 0.05) is 31.9 Å². The van der Waals surface area contributed by atoms with Crippen LogP contribution in [0.1, 0.15) is 23.0 Å². The Balaban J connectivity index is 2.07. The normalized spacial score (nSPS) is 19.5. The SMILES string of the molecule is Cc1nn(-c2ccccc2)c(C)c1[C@@H]1COCCN1S(=O)(=O)N(C)C. The quantitative estimate of drug-likeness (QED) is 0.828. The first-order valence-electron chi connectivity index (χ1n) is 8.22. The van der Waals surface area contributed by atoms with Crippen LogP contribution in [0.3, 0.4) is 0 Å². The molecular weight excluding hydrogens is 340 g/mol. The van der Waals surface area contributed by atoms with Crippen LogP contribution >= 0.6 is 0 Å². The minimum atomic E-state index is -3.54. The number of aromatic nitrogens is 2. The molecule has 0 N–H and O–H groups in total. The molecule has 1 fully saturated rings. The Kier molecular flexibility index (Phi) is 4.97. The molecule has 136 valence electrons. The van der Waals surface area contributed by atoms with Crippen molar-refractivity contribution in [3.8, 4) is 5.69 Å². The Bertz CT molecular complexity index is 846. The molecule has 0 aliphatic carbocycles. The fourth-order valence-corrected chi connectivity index (χ4v) is 4.47. The maximum absolute atomic E-state index is 12.7. The van der Waals surface area contributed by atoms with Crippen LogP contribution in [0.25, 0.3) is 5.69 Å². The minimum Gasteiger partial charge on any atom is -0.378 e. The highest BCUT2D eigenvalue weighted by molar-refractivity contribution is 7.86. The Morgan fingerprint density at radius 1 is 1.20 bits per heavy atom. The van der Waals surface area contributed by atoms with Crippen LogP contribution in [0.15, 0.2) is 30.3 Å². The molecule has 1 atom stereocenters. The first kappa shape index (κ1) is 18.1. The van der Waals surface area contributed by atoms with E-state index in [-0.39, 0.29) is 6.04 Å². The number of ether oxygens (including phenoxy) is 1. The fourth-order valence-electron chi connectivity index (χ4n) is 3.26. The van der Waals surface area contributed by atoms with Crippen molar-refractivity contribution in [3.05, 3.63) is 47.3 Å². The number of rotatable bonds is 4. The molecule has 0 saturated carbocycles. The van der Waals surface area contributed by atoms with Crippen LogP contribution in [-0.4, -0.2) is 60.7 Å². The van der Waals surface area contributed by atoms with Crippen molar-refractivity contribution in [3.63, 3.8) is 0 Å². The number of nitrogens with zero attached hydrogens (tertiary/aromatic N) is 4. The van der Waals surface area contributed by atoms with E-state index in [2.05, 4.69) is 5.10 Å². The first-order chi connectivity index (χ1) is 11.8. The topological polar surface area (TPSA) is 67.7 Å². The van der Waals surface area contributed by atoms with Gasteiger partial charge < -0.3 is 4.74 Å². The van der Waals surface area contributed by atoms with Crippen LogP contribution in [-0.2, 0) is 14.9 Å². The molecule has 2 aromatic rings. The highest BCUT2D eigenvalue weighted by Gasteiger charge is 2.38. The maximum atomic E-state index is 12.7. The fraction of sp³-hybridized carbons (Fsp3) is 0.471. The number of hydrogen-bond donors (Lipinski definition) is 0. The van der Waals surface area contributed by atoms with Gasteiger partial charge in [0.25, 0.3) is 10.2 Å². The molecule has 0 bridgehead atoms. The van der Waals surface area contributed by atoms with Gasteiger partial charge in [0.2, 0.25) is 0 Å². The van der Waals surface area contributed by atoms with E-state index in [4.69, 9.17) is 4.74 Å². The molecule has 0 amide bonds. The zero-order valence-electron chi connectivity index (χ0n) is 15.0. The lowest BCUT2D eigenvalue weighted by Crippen LogP contribution is -2.48. The second kappa shape index (κ2) is 6.87. The lowest BCUT2D eigenvalue weighted by atomic mass is 10.0. The first-order valence-corrected chi connectivity index (χ1v) is 9.62. The van der Waals surface area contributed by atoms with E-state index in [1.165, 1.54) is 8.61 Å². The number of benzene rings is 1. The van der Waals surface area contributed by atoms with Gasteiger partial charge in [0.15, 0.2) is 0 Å². The molecular formula is C17H24N4O3S. The summed E-state index contributed by atoms with van der Waals surface area (Å²) in [6, 6.07) is 9.45. The summed E-state index contributed by atoms with van der Waals surface area (Å²) in [4.78, 5) is 0. The van der Waals surface area contributed by atoms with Gasteiger partial charge in [-0.1, -0.05) is 18.2 Å². The van der Waals surface area contributed by atoms with Crippen molar-refractivity contribution in [2.45, 2.75) is 19.9 Å². The van der Waals surface area contributed by atoms with E-state index in [1.807, 2.05) is 48.9 Å². The van der Waals surface area contributed by atoms with Crippen molar-refractivity contribution in [1.82, 2.24) is 18.4 Å².